The monoisotopic (exact) mass is 328 g/mol. The van der Waals surface area contributed by atoms with Gasteiger partial charge in [-0.2, -0.15) is 0 Å². The highest BCUT2D eigenvalue weighted by molar-refractivity contribution is 5.97. The summed E-state index contributed by atoms with van der Waals surface area (Å²) in [5.41, 5.74) is 5.62. The number of pyridine rings is 1. The van der Waals surface area contributed by atoms with Crippen LogP contribution in [0.1, 0.15) is 22.0 Å². The van der Waals surface area contributed by atoms with Crippen LogP contribution in [-0.2, 0) is 9.53 Å². The fourth-order valence-corrected chi connectivity index (χ4v) is 2.07. The van der Waals surface area contributed by atoms with E-state index in [1.807, 2.05) is 0 Å². The van der Waals surface area contributed by atoms with Crippen LogP contribution in [-0.4, -0.2) is 29.6 Å². The Morgan fingerprint density at radius 2 is 1.83 bits per heavy atom. The number of hydrogen-bond acceptors (Lipinski definition) is 5. The second-order valence-corrected chi connectivity index (χ2v) is 4.85. The van der Waals surface area contributed by atoms with E-state index >= 15 is 0 Å². The first-order chi connectivity index (χ1) is 11.4. The molecule has 1 atom stereocenters. The molecule has 8 nitrogen and oxygen atoms in total. The highest BCUT2D eigenvalue weighted by Crippen LogP contribution is 2.15. The summed E-state index contributed by atoms with van der Waals surface area (Å²) in [7, 11) is 1.22. The van der Waals surface area contributed by atoms with Crippen LogP contribution in [0, 0.1) is 5.41 Å². The molecule has 0 aliphatic rings. The van der Waals surface area contributed by atoms with Gasteiger partial charge in [-0.1, -0.05) is 30.3 Å². The van der Waals surface area contributed by atoms with Gasteiger partial charge in [0.25, 0.3) is 5.91 Å². The third-order valence-electron chi connectivity index (χ3n) is 3.29. The van der Waals surface area contributed by atoms with Gasteiger partial charge in [0.05, 0.1) is 12.7 Å². The molecule has 0 aliphatic heterocycles. The SMILES string of the molecule is COC(=O)[C@H](NC(=O)c1ccc(=N)n(C(N)=O)c1)c1ccccc1. The number of methoxy groups -OCH3 is 1. The van der Waals surface area contributed by atoms with Crippen molar-refractivity contribution in [1.82, 2.24) is 9.88 Å². The molecule has 1 aromatic heterocycles. The summed E-state index contributed by atoms with van der Waals surface area (Å²) in [5, 5.41) is 10.1. The fourth-order valence-electron chi connectivity index (χ4n) is 2.07. The van der Waals surface area contributed by atoms with Crippen molar-refractivity contribution in [1.29, 1.82) is 5.41 Å². The molecule has 0 spiro atoms. The first-order valence-electron chi connectivity index (χ1n) is 6.94. The van der Waals surface area contributed by atoms with Gasteiger partial charge in [-0.3, -0.25) is 14.8 Å². The molecular formula is C16H16N4O4. The molecule has 4 N–H and O–H groups in total. The molecule has 0 unspecified atom stereocenters. The minimum atomic E-state index is -0.999. The van der Waals surface area contributed by atoms with Gasteiger partial charge in [-0.25, -0.2) is 9.59 Å². The number of esters is 1. The normalized spacial score (nSPS) is 11.4. The van der Waals surface area contributed by atoms with E-state index in [1.54, 1.807) is 30.3 Å². The smallest absolute Gasteiger partial charge is 0.333 e. The van der Waals surface area contributed by atoms with Crippen molar-refractivity contribution in [3.8, 4) is 0 Å². The van der Waals surface area contributed by atoms with Crippen molar-refractivity contribution in [2.45, 2.75) is 6.04 Å². The minimum absolute atomic E-state index is 0.0784. The number of aromatic nitrogens is 1. The largest absolute Gasteiger partial charge is 0.467 e. The average Bonchev–Trinajstić information content (AvgIpc) is 2.59. The van der Waals surface area contributed by atoms with E-state index in [2.05, 4.69) is 5.32 Å². The molecule has 2 amide bonds. The molecule has 0 fully saturated rings. The van der Waals surface area contributed by atoms with Gasteiger partial charge >= 0.3 is 12.0 Å². The van der Waals surface area contributed by atoms with Gasteiger partial charge in [0.2, 0.25) is 0 Å². The van der Waals surface area contributed by atoms with Crippen molar-refractivity contribution in [2.75, 3.05) is 7.11 Å². The zero-order valence-electron chi connectivity index (χ0n) is 12.9. The molecule has 0 bridgehead atoms. The lowest BCUT2D eigenvalue weighted by atomic mass is 10.1. The van der Waals surface area contributed by atoms with Crippen molar-refractivity contribution in [2.24, 2.45) is 5.73 Å². The highest BCUT2D eigenvalue weighted by Gasteiger charge is 2.24. The summed E-state index contributed by atoms with van der Waals surface area (Å²) in [4.78, 5) is 35.6. The standard InChI is InChI=1S/C16H16N4O4/c1-24-15(22)13(10-5-3-2-4-6-10)19-14(21)11-7-8-12(17)20(9-11)16(18)23/h2-9,13,17H,1H3,(H2,18,23)(H,19,21)/t13-/m1/s1. The number of carbonyl (C=O) groups excluding carboxylic acids is 3. The summed E-state index contributed by atoms with van der Waals surface area (Å²) in [6.45, 7) is 0. The minimum Gasteiger partial charge on any atom is -0.467 e. The van der Waals surface area contributed by atoms with Crippen molar-refractivity contribution in [3.05, 3.63) is 65.3 Å². The summed E-state index contributed by atoms with van der Waals surface area (Å²) in [6, 6.07) is 9.33. The van der Waals surface area contributed by atoms with E-state index in [-0.39, 0.29) is 11.1 Å². The fraction of sp³-hybridized carbons (Fsp3) is 0.125. The maximum Gasteiger partial charge on any atom is 0.333 e. The van der Waals surface area contributed by atoms with Crippen LogP contribution < -0.4 is 16.5 Å². The van der Waals surface area contributed by atoms with Crippen LogP contribution in [0.15, 0.2) is 48.7 Å². The van der Waals surface area contributed by atoms with Gasteiger partial charge in [-0.05, 0) is 17.7 Å². The quantitative estimate of drug-likeness (QED) is 0.708. The lowest BCUT2D eigenvalue weighted by molar-refractivity contribution is -0.143. The Bertz CT molecular complexity index is 829. The molecule has 1 heterocycles. The summed E-state index contributed by atoms with van der Waals surface area (Å²) >= 11 is 0. The molecule has 8 heteroatoms. The zero-order chi connectivity index (χ0) is 17.7. The number of carbonyl (C=O) groups is 3. The molecular weight excluding hydrogens is 312 g/mol. The lowest BCUT2D eigenvalue weighted by Crippen LogP contribution is -2.36. The number of rotatable bonds is 4. The number of nitrogens with zero attached hydrogens (tertiary/aromatic N) is 1. The van der Waals surface area contributed by atoms with E-state index in [0.29, 0.717) is 5.56 Å². The predicted molar refractivity (Wildman–Crippen MR) is 83.9 cm³/mol. The van der Waals surface area contributed by atoms with E-state index in [1.165, 1.54) is 19.2 Å². The molecule has 24 heavy (non-hydrogen) atoms. The Balaban J connectivity index is 2.32. The molecule has 1 aromatic carbocycles. The number of primary amides is 1. The molecule has 2 aromatic rings. The first-order valence-corrected chi connectivity index (χ1v) is 6.94. The Labute approximate surface area is 137 Å². The Morgan fingerprint density at radius 3 is 2.42 bits per heavy atom. The van der Waals surface area contributed by atoms with E-state index in [9.17, 15) is 14.4 Å². The number of amides is 2. The first kappa shape index (κ1) is 16.9. The topological polar surface area (TPSA) is 127 Å². The number of nitrogens with one attached hydrogen (secondary N) is 2. The molecule has 2 rings (SSSR count). The third-order valence-corrected chi connectivity index (χ3v) is 3.29. The Hall–Kier alpha value is -3.42. The van der Waals surface area contributed by atoms with E-state index in [0.717, 1.165) is 10.8 Å². The zero-order valence-corrected chi connectivity index (χ0v) is 12.9. The second kappa shape index (κ2) is 7.23. The maximum absolute atomic E-state index is 12.4. The predicted octanol–water partition coefficient (Wildman–Crippen LogP) is 0.538. The van der Waals surface area contributed by atoms with Crippen LogP contribution in [0.3, 0.4) is 0 Å². The van der Waals surface area contributed by atoms with Crippen molar-refractivity contribution >= 4 is 17.9 Å². The average molecular weight is 328 g/mol. The molecule has 0 radical (unpaired) electrons. The number of nitrogens with two attached hydrogens (primary N) is 1. The van der Waals surface area contributed by atoms with Gasteiger partial charge < -0.3 is 15.8 Å². The summed E-state index contributed by atoms with van der Waals surface area (Å²) in [6.07, 6.45) is 1.14. The van der Waals surface area contributed by atoms with Crippen LogP contribution in [0.5, 0.6) is 0 Å². The molecule has 0 saturated carbocycles. The number of ether oxygens (including phenoxy) is 1. The van der Waals surface area contributed by atoms with E-state index in [4.69, 9.17) is 15.9 Å². The molecule has 124 valence electrons. The molecule has 0 saturated heterocycles. The highest BCUT2D eigenvalue weighted by atomic mass is 16.5. The van der Waals surface area contributed by atoms with Crippen LogP contribution in [0.4, 0.5) is 4.79 Å². The van der Waals surface area contributed by atoms with Crippen LogP contribution >= 0.6 is 0 Å². The van der Waals surface area contributed by atoms with Crippen molar-refractivity contribution in [3.63, 3.8) is 0 Å². The van der Waals surface area contributed by atoms with Crippen molar-refractivity contribution < 1.29 is 19.1 Å². The molecule has 0 aliphatic carbocycles. The number of hydrogen-bond donors (Lipinski definition) is 3. The van der Waals surface area contributed by atoms with Gasteiger partial charge in [0, 0.05) is 6.20 Å². The van der Waals surface area contributed by atoms with Gasteiger partial charge in [-0.15, -0.1) is 0 Å². The Kier molecular flexibility index (Phi) is 5.10. The van der Waals surface area contributed by atoms with Crippen LogP contribution in [0.2, 0.25) is 0 Å². The van der Waals surface area contributed by atoms with Gasteiger partial charge in [0.15, 0.2) is 6.04 Å². The summed E-state index contributed by atoms with van der Waals surface area (Å²) < 4.78 is 5.55. The maximum atomic E-state index is 12.4. The third kappa shape index (κ3) is 3.67. The number of benzene rings is 1. The Morgan fingerprint density at radius 1 is 1.17 bits per heavy atom. The second-order valence-electron chi connectivity index (χ2n) is 4.85. The van der Waals surface area contributed by atoms with Crippen LogP contribution in [0.25, 0.3) is 0 Å². The lowest BCUT2D eigenvalue weighted by Gasteiger charge is -2.17. The van der Waals surface area contributed by atoms with Gasteiger partial charge in [0.1, 0.15) is 5.49 Å². The van der Waals surface area contributed by atoms with E-state index < -0.39 is 23.9 Å². The summed E-state index contributed by atoms with van der Waals surface area (Å²) in [5.74, 6) is -1.24.